The Morgan fingerprint density at radius 3 is 2.77 bits per heavy atom. The van der Waals surface area contributed by atoms with E-state index >= 15 is 0 Å². The number of aromatic nitrogens is 4. The number of aromatic amines is 1. The van der Waals surface area contributed by atoms with Gasteiger partial charge in [-0.2, -0.15) is 0 Å². The molecule has 8 nitrogen and oxygen atoms in total. The summed E-state index contributed by atoms with van der Waals surface area (Å²) in [5.41, 5.74) is 7.73. The minimum atomic E-state index is -0.422. The number of amides is 1. The first-order valence-electron chi connectivity index (χ1n) is 8.03. The Labute approximate surface area is 154 Å². The van der Waals surface area contributed by atoms with Gasteiger partial charge in [0.1, 0.15) is 0 Å². The number of carbonyl (C=O) groups is 2. The molecule has 0 aliphatic heterocycles. The average molecular weight is 373 g/mol. The quantitative estimate of drug-likeness (QED) is 0.462. The molecule has 3 N–H and O–H groups in total. The molecule has 0 aromatic carbocycles. The number of H-pyrrole nitrogens is 1. The van der Waals surface area contributed by atoms with Gasteiger partial charge >= 0.3 is 0 Å². The molecule has 0 saturated heterocycles. The van der Waals surface area contributed by atoms with E-state index in [4.69, 9.17) is 10.2 Å². The van der Waals surface area contributed by atoms with Gasteiger partial charge in [-0.05, 0) is 32.0 Å². The van der Waals surface area contributed by atoms with Crippen molar-refractivity contribution in [2.45, 2.75) is 32.0 Å². The zero-order valence-corrected chi connectivity index (χ0v) is 15.3. The molecule has 0 bridgehead atoms. The van der Waals surface area contributed by atoms with Crippen LogP contribution in [0.2, 0.25) is 0 Å². The topological polar surface area (TPSA) is 120 Å². The van der Waals surface area contributed by atoms with Crippen LogP contribution in [0.1, 0.15) is 28.2 Å². The van der Waals surface area contributed by atoms with Crippen LogP contribution in [0.4, 0.5) is 0 Å². The second kappa shape index (κ2) is 7.61. The summed E-state index contributed by atoms with van der Waals surface area (Å²) in [6, 6.07) is 5.34. The number of nitrogens with one attached hydrogen (secondary N) is 1. The third-order valence-electron chi connectivity index (χ3n) is 3.82. The highest BCUT2D eigenvalue weighted by Gasteiger charge is 2.19. The Morgan fingerprint density at radius 2 is 2.15 bits per heavy atom. The predicted octanol–water partition coefficient (Wildman–Crippen LogP) is 2.33. The van der Waals surface area contributed by atoms with E-state index in [2.05, 4.69) is 15.2 Å². The SMILES string of the molecule is Cc1cc(C(=O)CSc2nnc(-c3ccco3)n2CCC(N)=O)c(C)[nH]1. The first kappa shape index (κ1) is 18.0. The molecule has 0 radical (unpaired) electrons. The maximum Gasteiger partial charge on any atom is 0.219 e. The lowest BCUT2D eigenvalue weighted by Crippen LogP contribution is -2.15. The van der Waals surface area contributed by atoms with Crippen molar-refractivity contribution in [3.63, 3.8) is 0 Å². The first-order valence-corrected chi connectivity index (χ1v) is 9.02. The summed E-state index contributed by atoms with van der Waals surface area (Å²) in [7, 11) is 0. The van der Waals surface area contributed by atoms with Crippen LogP contribution in [-0.2, 0) is 11.3 Å². The first-order chi connectivity index (χ1) is 12.5. The highest BCUT2D eigenvalue weighted by molar-refractivity contribution is 7.99. The number of hydrogen-bond donors (Lipinski definition) is 2. The number of thioether (sulfide) groups is 1. The van der Waals surface area contributed by atoms with E-state index in [0.29, 0.717) is 28.8 Å². The molecule has 3 aromatic rings. The van der Waals surface area contributed by atoms with Crippen molar-refractivity contribution in [1.82, 2.24) is 19.7 Å². The van der Waals surface area contributed by atoms with Crippen LogP contribution in [0.15, 0.2) is 34.0 Å². The van der Waals surface area contributed by atoms with Gasteiger partial charge in [0.25, 0.3) is 0 Å². The van der Waals surface area contributed by atoms with Gasteiger partial charge in [-0.25, -0.2) is 0 Å². The van der Waals surface area contributed by atoms with Crippen molar-refractivity contribution in [1.29, 1.82) is 0 Å². The van der Waals surface area contributed by atoms with Crippen molar-refractivity contribution in [3.05, 3.63) is 41.4 Å². The van der Waals surface area contributed by atoms with E-state index in [9.17, 15) is 9.59 Å². The predicted molar refractivity (Wildman–Crippen MR) is 96.9 cm³/mol. The zero-order valence-electron chi connectivity index (χ0n) is 14.5. The molecule has 0 spiro atoms. The fourth-order valence-electron chi connectivity index (χ4n) is 2.63. The van der Waals surface area contributed by atoms with Crippen LogP contribution >= 0.6 is 11.8 Å². The van der Waals surface area contributed by atoms with Crippen LogP contribution in [-0.4, -0.2) is 37.2 Å². The molecule has 3 rings (SSSR count). The number of nitrogens with two attached hydrogens (primary N) is 1. The molecule has 3 aromatic heterocycles. The smallest absolute Gasteiger partial charge is 0.219 e. The summed E-state index contributed by atoms with van der Waals surface area (Å²) in [5.74, 6) is 0.831. The molecule has 0 saturated carbocycles. The van der Waals surface area contributed by atoms with Gasteiger partial charge in [0.15, 0.2) is 22.5 Å². The molecule has 136 valence electrons. The second-order valence-electron chi connectivity index (χ2n) is 5.85. The lowest BCUT2D eigenvalue weighted by molar-refractivity contribution is -0.118. The Balaban J connectivity index is 1.79. The molecule has 1 amide bonds. The van der Waals surface area contributed by atoms with E-state index in [1.54, 1.807) is 16.7 Å². The lowest BCUT2D eigenvalue weighted by Gasteiger charge is -2.07. The van der Waals surface area contributed by atoms with E-state index in [0.717, 1.165) is 11.4 Å². The molecular formula is C17H19N5O3S. The second-order valence-corrected chi connectivity index (χ2v) is 6.80. The molecule has 0 unspecified atom stereocenters. The molecule has 9 heteroatoms. The van der Waals surface area contributed by atoms with Crippen LogP contribution in [0.3, 0.4) is 0 Å². The molecular weight excluding hydrogens is 354 g/mol. The highest BCUT2D eigenvalue weighted by atomic mass is 32.2. The number of carbonyl (C=O) groups excluding carboxylic acids is 2. The number of nitrogens with zero attached hydrogens (tertiary/aromatic N) is 3. The van der Waals surface area contributed by atoms with Gasteiger partial charge in [-0.15, -0.1) is 10.2 Å². The van der Waals surface area contributed by atoms with Crippen molar-refractivity contribution >= 4 is 23.5 Å². The molecule has 3 heterocycles. The number of ketones is 1. The van der Waals surface area contributed by atoms with Gasteiger partial charge < -0.3 is 15.1 Å². The standard InChI is InChI=1S/C17H19N5O3S/c1-10-8-12(11(2)19-10)13(23)9-26-17-21-20-16(14-4-3-7-25-14)22(17)6-5-15(18)24/h3-4,7-8,19H,5-6,9H2,1-2H3,(H2,18,24). The Hall–Kier alpha value is -2.81. The molecule has 0 aliphatic carbocycles. The lowest BCUT2D eigenvalue weighted by atomic mass is 10.2. The number of primary amides is 1. The Morgan fingerprint density at radius 1 is 1.35 bits per heavy atom. The third-order valence-corrected chi connectivity index (χ3v) is 4.79. The summed E-state index contributed by atoms with van der Waals surface area (Å²) in [5, 5.41) is 8.82. The fourth-order valence-corrected chi connectivity index (χ4v) is 3.48. The number of aryl methyl sites for hydroxylation is 2. The summed E-state index contributed by atoms with van der Waals surface area (Å²) >= 11 is 1.27. The fraction of sp³-hybridized carbons (Fsp3) is 0.294. The average Bonchev–Trinajstić information content (AvgIpc) is 3.30. The van der Waals surface area contributed by atoms with Crippen LogP contribution < -0.4 is 5.73 Å². The highest BCUT2D eigenvalue weighted by Crippen LogP contribution is 2.25. The van der Waals surface area contributed by atoms with E-state index in [-0.39, 0.29) is 18.0 Å². The summed E-state index contributed by atoms with van der Waals surface area (Å²) < 4.78 is 7.12. The summed E-state index contributed by atoms with van der Waals surface area (Å²) in [6.45, 7) is 4.10. The zero-order chi connectivity index (χ0) is 18.7. The summed E-state index contributed by atoms with van der Waals surface area (Å²) in [4.78, 5) is 26.8. The van der Waals surface area contributed by atoms with Crippen molar-refractivity contribution in [2.75, 3.05) is 5.75 Å². The van der Waals surface area contributed by atoms with Gasteiger partial charge in [0.2, 0.25) is 5.91 Å². The van der Waals surface area contributed by atoms with Crippen molar-refractivity contribution < 1.29 is 14.0 Å². The largest absolute Gasteiger partial charge is 0.461 e. The maximum absolute atomic E-state index is 12.5. The van der Waals surface area contributed by atoms with Gasteiger partial charge in [-0.1, -0.05) is 11.8 Å². The van der Waals surface area contributed by atoms with Gasteiger partial charge in [-0.3, -0.25) is 14.2 Å². The normalized spacial score (nSPS) is 11.0. The van der Waals surface area contributed by atoms with E-state index in [1.807, 2.05) is 19.9 Å². The van der Waals surface area contributed by atoms with E-state index < -0.39 is 5.91 Å². The number of rotatable bonds is 8. The monoisotopic (exact) mass is 373 g/mol. The molecule has 0 aliphatic rings. The Bertz CT molecular complexity index is 927. The molecule has 0 atom stereocenters. The van der Waals surface area contributed by atoms with Crippen LogP contribution in [0, 0.1) is 13.8 Å². The van der Waals surface area contributed by atoms with Crippen molar-refractivity contribution in [3.8, 4) is 11.6 Å². The summed E-state index contributed by atoms with van der Waals surface area (Å²) in [6.07, 6.45) is 1.68. The van der Waals surface area contributed by atoms with Crippen LogP contribution in [0.25, 0.3) is 11.6 Å². The minimum Gasteiger partial charge on any atom is -0.461 e. The van der Waals surface area contributed by atoms with E-state index in [1.165, 1.54) is 18.0 Å². The van der Waals surface area contributed by atoms with Crippen LogP contribution in [0.5, 0.6) is 0 Å². The Kier molecular flexibility index (Phi) is 5.27. The third kappa shape index (κ3) is 3.88. The number of hydrogen-bond acceptors (Lipinski definition) is 6. The van der Waals surface area contributed by atoms with Gasteiger partial charge in [0, 0.05) is 29.9 Å². The minimum absolute atomic E-state index is 0.000787. The molecule has 0 fully saturated rings. The number of furan rings is 1. The maximum atomic E-state index is 12.5. The van der Waals surface area contributed by atoms with Gasteiger partial charge in [0.05, 0.1) is 12.0 Å². The number of Topliss-reactive ketones (excluding diaryl/α,β-unsaturated/α-hetero) is 1. The van der Waals surface area contributed by atoms with Crippen molar-refractivity contribution in [2.24, 2.45) is 5.73 Å². The molecule has 26 heavy (non-hydrogen) atoms.